The predicted octanol–water partition coefficient (Wildman–Crippen LogP) is 4.33. The molecule has 0 fully saturated rings. The van der Waals surface area contributed by atoms with E-state index in [1.807, 2.05) is 103 Å². The van der Waals surface area contributed by atoms with Gasteiger partial charge in [-0.05, 0) is 17.7 Å². The second-order valence-electron chi connectivity index (χ2n) is 6.48. The van der Waals surface area contributed by atoms with Gasteiger partial charge in [0.15, 0.2) is 7.14 Å². The molecule has 4 rings (SSSR count). The Morgan fingerprint density at radius 3 is 1.86 bits per heavy atom. The Balaban J connectivity index is 1.81. The summed E-state index contributed by atoms with van der Waals surface area (Å²) in [4.78, 5) is 4.32. The molecule has 1 N–H and O–H groups in total. The van der Waals surface area contributed by atoms with Crippen LogP contribution in [0.1, 0.15) is 5.56 Å². The van der Waals surface area contributed by atoms with E-state index in [0.717, 1.165) is 27.3 Å². The number of aromatic nitrogens is 1. The van der Waals surface area contributed by atoms with E-state index < -0.39 is 7.14 Å². The van der Waals surface area contributed by atoms with Crippen molar-refractivity contribution in [2.24, 2.45) is 0 Å². The van der Waals surface area contributed by atoms with Crippen molar-refractivity contribution in [2.45, 2.75) is 6.54 Å². The van der Waals surface area contributed by atoms with Gasteiger partial charge in [-0.3, -0.25) is 0 Å². The molecule has 0 bridgehead atoms. The molecule has 3 nitrogen and oxygen atoms in total. The van der Waals surface area contributed by atoms with Crippen LogP contribution < -0.4 is 21.2 Å². The fraction of sp³-hybridized carbons (Fsp3) is 0.0417. The van der Waals surface area contributed by atoms with E-state index in [4.69, 9.17) is 0 Å². The molecule has 0 aliphatic rings. The van der Waals surface area contributed by atoms with Gasteiger partial charge in [0.25, 0.3) is 0 Å². The van der Waals surface area contributed by atoms with Crippen LogP contribution in [0.5, 0.6) is 0 Å². The van der Waals surface area contributed by atoms with Crippen molar-refractivity contribution >= 4 is 28.9 Å². The van der Waals surface area contributed by atoms with E-state index in [1.54, 1.807) is 6.20 Å². The molecule has 4 aromatic rings. The molecule has 1 heterocycles. The van der Waals surface area contributed by atoms with Crippen LogP contribution in [0.2, 0.25) is 0 Å². The molecule has 0 aliphatic heterocycles. The third kappa shape index (κ3) is 3.62. The molecule has 0 spiro atoms. The summed E-state index contributed by atoms with van der Waals surface area (Å²) >= 11 is 0. The summed E-state index contributed by atoms with van der Waals surface area (Å²) in [7, 11) is -3.00. The van der Waals surface area contributed by atoms with Crippen LogP contribution in [0.15, 0.2) is 109 Å². The Morgan fingerprint density at radius 2 is 1.25 bits per heavy atom. The summed E-state index contributed by atoms with van der Waals surface area (Å²) < 4.78 is 14.6. The van der Waals surface area contributed by atoms with E-state index in [2.05, 4.69) is 10.3 Å². The lowest BCUT2D eigenvalue weighted by Crippen LogP contribution is -2.28. The Hall–Kier alpha value is -3.16. The molecule has 138 valence electrons. The predicted molar refractivity (Wildman–Crippen MR) is 117 cm³/mol. The first-order valence-electron chi connectivity index (χ1n) is 9.23. The van der Waals surface area contributed by atoms with Crippen molar-refractivity contribution in [1.29, 1.82) is 0 Å². The molecule has 0 amide bonds. The highest BCUT2D eigenvalue weighted by molar-refractivity contribution is 7.85. The van der Waals surface area contributed by atoms with Crippen molar-refractivity contribution in [1.82, 2.24) is 4.98 Å². The Kier molecular flexibility index (Phi) is 5.36. The van der Waals surface area contributed by atoms with E-state index in [1.165, 1.54) is 0 Å². The van der Waals surface area contributed by atoms with Crippen LogP contribution in [0.3, 0.4) is 0 Å². The van der Waals surface area contributed by atoms with Gasteiger partial charge < -0.3 is 9.88 Å². The lowest BCUT2D eigenvalue weighted by Gasteiger charge is -2.23. The number of hydrogen-bond acceptors (Lipinski definition) is 3. The van der Waals surface area contributed by atoms with Gasteiger partial charge in [-0.1, -0.05) is 91.0 Å². The van der Waals surface area contributed by atoms with Crippen LogP contribution in [0, 0.1) is 0 Å². The Morgan fingerprint density at radius 1 is 0.679 bits per heavy atom. The lowest BCUT2D eigenvalue weighted by atomic mass is 10.2. The molecule has 1 aromatic heterocycles. The number of hydrogen-bond donors (Lipinski definition) is 1. The molecule has 0 unspecified atom stereocenters. The van der Waals surface area contributed by atoms with E-state index in [0.29, 0.717) is 6.54 Å². The van der Waals surface area contributed by atoms with Gasteiger partial charge in [-0.2, -0.15) is 0 Å². The van der Waals surface area contributed by atoms with Crippen molar-refractivity contribution in [3.8, 4) is 0 Å². The molecular weight excluding hydrogens is 363 g/mol. The molecule has 28 heavy (non-hydrogen) atoms. The maximum Gasteiger partial charge on any atom is 0.171 e. The average Bonchev–Trinajstić information content (AvgIpc) is 2.79. The quantitative estimate of drug-likeness (QED) is 0.503. The zero-order valence-corrected chi connectivity index (χ0v) is 16.3. The first-order valence-corrected chi connectivity index (χ1v) is 10.9. The van der Waals surface area contributed by atoms with Gasteiger partial charge in [0, 0.05) is 28.7 Å². The minimum absolute atomic E-state index is 0.552. The number of nitrogens with one attached hydrogen (secondary N) is 1. The molecule has 0 saturated heterocycles. The van der Waals surface area contributed by atoms with Crippen LogP contribution in [0.25, 0.3) is 0 Å². The fourth-order valence-electron chi connectivity index (χ4n) is 3.32. The maximum atomic E-state index is 14.6. The van der Waals surface area contributed by atoms with Crippen LogP contribution in [0.4, 0.5) is 5.82 Å². The fourth-order valence-corrected chi connectivity index (χ4v) is 6.22. The molecule has 0 radical (unpaired) electrons. The van der Waals surface area contributed by atoms with Gasteiger partial charge in [0.05, 0.1) is 0 Å². The number of nitrogens with zero attached hydrogens (tertiary/aromatic N) is 1. The topological polar surface area (TPSA) is 42.0 Å². The third-order valence-corrected chi connectivity index (χ3v) is 7.86. The zero-order chi connectivity index (χ0) is 19.2. The highest BCUT2D eigenvalue weighted by Gasteiger charge is 2.31. The average molecular weight is 384 g/mol. The molecular formula is C24H21N2OP. The standard InChI is InChI=1S/C24H21N2OP/c27-28(21-12-3-1-4-13-21,22-14-5-2-6-15-22)23-16-8-7-11-20(23)19-26-24-17-9-10-18-25-24/h1-18H,19H2,(H,25,26). The van der Waals surface area contributed by atoms with Crippen LogP contribution in [-0.4, -0.2) is 4.98 Å². The summed E-state index contributed by atoms with van der Waals surface area (Å²) in [6, 6.07) is 33.2. The Bertz CT molecular complexity index is 1040. The van der Waals surface area contributed by atoms with Crippen molar-refractivity contribution in [3.05, 3.63) is 115 Å². The smallest absolute Gasteiger partial charge is 0.171 e. The van der Waals surface area contributed by atoms with Gasteiger partial charge >= 0.3 is 0 Å². The second kappa shape index (κ2) is 8.24. The molecule has 0 aliphatic carbocycles. The second-order valence-corrected chi connectivity index (χ2v) is 9.21. The Labute approximate surface area is 165 Å². The molecule has 0 saturated carbocycles. The summed E-state index contributed by atoms with van der Waals surface area (Å²) in [6.45, 7) is 0.552. The van der Waals surface area contributed by atoms with Crippen molar-refractivity contribution in [2.75, 3.05) is 5.32 Å². The molecule has 0 atom stereocenters. The number of pyridine rings is 1. The summed E-state index contributed by atoms with van der Waals surface area (Å²) in [6.07, 6.45) is 1.76. The lowest BCUT2D eigenvalue weighted by molar-refractivity contribution is 0.592. The largest absolute Gasteiger partial charge is 0.366 e. The molecule has 3 aromatic carbocycles. The summed E-state index contributed by atoms with van der Waals surface area (Å²) in [5, 5.41) is 5.88. The van der Waals surface area contributed by atoms with Crippen LogP contribution >= 0.6 is 7.14 Å². The van der Waals surface area contributed by atoms with E-state index in [9.17, 15) is 4.57 Å². The summed E-state index contributed by atoms with van der Waals surface area (Å²) in [5.41, 5.74) is 1.00. The summed E-state index contributed by atoms with van der Waals surface area (Å²) in [5.74, 6) is 0.798. The van der Waals surface area contributed by atoms with Gasteiger partial charge in [0.2, 0.25) is 0 Å². The minimum Gasteiger partial charge on any atom is -0.366 e. The van der Waals surface area contributed by atoms with E-state index in [-0.39, 0.29) is 0 Å². The SMILES string of the molecule is O=P(c1ccccc1)(c1ccccc1)c1ccccc1CNc1ccccn1. The monoisotopic (exact) mass is 384 g/mol. The van der Waals surface area contributed by atoms with Crippen molar-refractivity contribution < 1.29 is 4.57 Å². The minimum atomic E-state index is -3.00. The number of rotatable bonds is 6. The highest BCUT2D eigenvalue weighted by atomic mass is 31.2. The van der Waals surface area contributed by atoms with Gasteiger partial charge in [0.1, 0.15) is 5.82 Å². The third-order valence-electron chi connectivity index (χ3n) is 4.70. The number of benzene rings is 3. The first-order chi connectivity index (χ1) is 13.8. The van der Waals surface area contributed by atoms with Gasteiger partial charge in [-0.25, -0.2) is 4.98 Å². The van der Waals surface area contributed by atoms with Crippen molar-refractivity contribution in [3.63, 3.8) is 0 Å². The first kappa shape index (κ1) is 18.2. The number of anilines is 1. The van der Waals surface area contributed by atoms with Gasteiger partial charge in [-0.15, -0.1) is 0 Å². The van der Waals surface area contributed by atoms with E-state index >= 15 is 0 Å². The highest BCUT2D eigenvalue weighted by Crippen LogP contribution is 2.43. The maximum absolute atomic E-state index is 14.6. The normalized spacial score (nSPS) is 11.1. The molecule has 4 heteroatoms. The van der Waals surface area contributed by atoms with Crippen LogP contribution in [-0.2, 0) is 11.1 Å². The zero-order valence-electron chi connectivity index (χ0n) is 15.4.